The fraction of sp³-hybridized carbons (Fsp3) is 0.185. The Morgan fingerprint density at radius 2 is 1.11 bits per heavy atom. The van der Waals surface area contributed by atoms with Crippen LogP contribution in [0.5, 0.6) is 0 Å². The molecule has 1 aliphatic rings. The number of ether oxygens (including phenoxy) is 4. The van der Waals surface area contributed by atoms with Gasteiger partial charge in [0.05, 0.1) is 22.8 Å². The van der Waals surface area contributed by atoms with Crippen molar-refractivity contribution in [2.75, 3.05) is 6.61 Å². The number of hydrogen-bond acceptors (Lipinski definition) is 8. The van der Waals surface area contributed by atoms with Gasteiger partial charge in [0.1, 0.15) is 12.7 Å². The summed E-state index contributed by atoms with van der Waals surface area (Å²) in [5.74, 6) is -2.01. The van der Waals surface area contributed by atoms with Crippen LogP contribution in [0.4, 0.5) is 0 Å². The second-order valence-corrected chi connectivity index (χ2v) is 7.66. The third kappa shape index (κ3) is 5.72. The molecule has 0 radical (unpaired) electrons. The van der Waals surface area contributed by atoms with Crippen molar-refractivity contribution in [2.24, 2.45) is 0 Å². The van der Waals surface area contributed by atoms with Gasteiger partial charge in [0.2, 0.25) is 0 Å². The van der Waals surface area contributed by atoms with Crippen LogP contribution in [0.3, 0.4) is 0 Å². The maximum atomic E-state index is 12.8. The van der Waals surface area contributed by atoms with Crippen molar-refractivity contribution in [1.29, 1.82) is 5.26 Å². The second-order valence-electron chi connectivity index (χ2n) is 7.66. The minimum atomic E-state index is -1.24. The zero-order chi connectivity index (χ0) is 24.6. The number of hydrogen-bond donors (Lipinski definition) is 0. The standard InChI is InChI=1S/C27H21NO7/c28-16-21-23(34-26(30)19-12-6-2-7-13-19)24(35-27(31)20-14-8-3-9-15-20)22(33-21)17-32-25(29)18-10-4-1-5-11-18/h1-15,21-24H,17H2/t21-,22-,23+,24+/m0/s1. The summed E-state index contributed by atoms with van der Waals surface area (Å²) in [5, 5.41) is 9.65. The molecule has 0 unspecified atom stereocenters. The van der Waals surface area contributed by atoms with E-state index in [1.54, 1.807) is 91.0 Å². The van der Waals surface area contributed by atoms with Gasteiger partial charge in [-0.2, -0.15) is 5.26 Å². The average Bonchev–Trinajstić information content (AvgIpc) is 3.24. The highest BCUT2D eigenvalue weighted by Crippen LogP contribution is 2.29. The molecule has 1 aliphatic heterocycles. The van der Waals surface area contributed by atoms with E-state index in [-0.39, 0.29) is 17.7 Å². The highest BCUT2D eigenvalue weighted by atomic mass is 16.6. The van der Waals surface area contributed by atoms with Crippen LogP contribution < -0.4 is 0 Å². The molecular formula is C27H21NO7. The Balaban J connectivity index is 1.55. The van der Waals surface area contributed by atoms with Crippen LogP contribution in [0.25, 0.3) is 0 Å². The molecule has 176 valence electrons. The normalized spacial score (nSPS) is 20.9. The first-order valence-electron chi connectivity index (χ1n) is 10.9. The Morgan fingerprint density at radius 3 is 1.57 bits per heavy atom. The molecular weight excluding hydrogens is 450 g/mol. The van der Waals surface area contributed by atoms with Crippen LogP contribution in [-0.4, -0.2) is 48.9 Å². The fourth-order valence-electron chi connectivity index (χ4n) is 3.58. The molecule has 35 heavy (non-hydrogen) atoms. The summed E-state index contributed by atoms with van der Waals surface area (Å²) in [5.41, 5.74) is 0.851. The Labute approximate surface area is 201 Å². The largest absolute Gasteiger partial charge is 0.459 e. The molecule has 0 aromatic heterocycles. The maximum Gasteiger partial charge on any atom is 0.338 e. The fourth-order valence-corrected chi connectivity index (χ4v) is 3.58. The van der Waals surface area contributed by atoms with Crippen molar-refractivity contribution in [3.8, 4) is 6.07 Å². The van der Waals surface area contributed by atoms with Gasteiger partial charge < -0.3 is 18.9 Å². The van der Waals surface area contributed by atoms with Crippen molar-refractivity contribution >= 4 is 17.9 Å². The molecule has 0 amide bonds. The summed E-state index contributed by atoms with van der Waals surface area (Å²) < 4.78 is 22.3. The van der Waals surface area contributed by atoms with E-state index < -0.39 is 42.3 Å². The molecule has 8 nitrogen and oxygen atoms in total. The monoisotopic (exact) mass is 471 g/mol. The molecule has 0 N–H and O–H groups in total. The first-order chi connectivity index (χ1) is 17.1. The van der Waals surface area contributed by atoms with Gasteiger partial charge >= 0.3 is 17.9 Å². The summed E-state index contributed by atoms with van der Waals surface area (Å²) in [6.45, 7) is -0.321. The van der Waals surface area contributed by atoms with Crippen molar-refractivity contribution in [3.63, 3.8) is 0 Å². The molecule has 1 fully saturated rings. The molecule has 3 aromatic carbocycles. The minimum Gasteiger partial charge on any atom is -0.459 e. The molecule has 3 aromatic rings. The van der Waals surface area contributed by atoms with E-state index in [2.05, 4.69) is 0 Å². The maximum absolute atomic E-state index is 12.8. The van der Waals surface area contributed by atoms with E-state index in [1.807, 2.05) is 6.07 Å². The Hall–Kier alpha value is -4.48. The van der Waals surface area contributed by atoms with Crippen LogP contribution in [0.1, 0.15) is 31.1 Å². The lowest BCUT2D eigenvalue weighted by Crippen LogP contribution is -2.41. The van der Waals surface area contributed by atoms with E-state index in [0.717, 1.165) is 0 Å². The Morgan fingerprint density at radius 1 is 0.686 bits per heavy atom. The number of carbonyl (C=O) groups is 3. The number of esters is 3. The second kappa shape index (κ2) is 11.1. The summed E-state index contributed by atoms with van der Waals surface area (Å²) in [6, 6.07) is 26.7. The highest BCUT2D eigenvalue weighted by Gasteiger charge is 2.50. The van der Waals surface area contributed by atoms with Gasteiger partial charge in [0, 0.05) is 0 Å². The van der Waals surface area contributed by atoms with Crippen molar-refractivity contribution < 1.29 is 33.3 Å². The predicted octanol–water partition coefficient (Wildman–Crippen LogP) is 3.59. The zero-order valence-corrected chi connectivity index (χ0v) is 18.5. The van der Waals surface area contributed by atoms with Gasteiger partial charge in [-0.3, -0.25) is 0 Å². The molecule has 0 saturated carbocycles. The molecule has 0 spiro atoms. The van der Waals surface area contributed by atoms with Gasteiger partial charge in [-0.1, -0.05) is 54.6 Å². The van der Waals surface area contributed by atoms with Crippen LogP contribution >= 0.6 is 0 Å². The van der Waals surface area contributed by atoms with E-state index in [0.29, 0.717) is 5.56 Å². The number of nitriles is 1. The lowest BCUT2D eigenvalue weighted by molar-refractivity contribution is -0.0437. The first-order valence-corrected chi connectivity index (χ1v) is 10.9. The van der Waals surface area contributed by atoms with Crippen LogP contribution in [0, 0.1) is 11.3 Å². The smallest absolute Gasteiger partial charge is 0.338 e. The lowest BCUT2D eigenvalue weighted by atomic mass is 10.1. The highest BCUT2D eigenvalue weighted by molar-refractivity contribution is 5.91. The average molecular weight is 471 g/mol. The van der Waals surface area contributed by atoms with Gasteiger partial charge in [0.25, 0.3) is 0 Å². The molecule has 1 heterocycles. The Kier molecular flexibility index (Phi) is 7.50. The number of benzene rings is 3. The van der Waals surface area contributed by atoms with Crippen molar-refractivity contribution in [3.05, 3.63) is 108 Å². The summed E-state index contributed by atoms with van der Waals surface area (Å²) in [4.78, 5) is 37.9. The molecule has 4 rings (SSSR count). The minimum absolute atomic E-state index is 0.260. The predicted molar refractivity (Wildman–Crippen MR) is 122 cm³/mol. The topological polar surface area (TPSA) is 112 Å². The summed E-state index contributed by atoms with van der Waals surface area (Å²) >= 11 is 0. The SMILES string of the molecule is N#C[C@@H]1O[C@@H](COC(=O)c2ccccc2)[C@@H](OC(=O)c2ccccc2)[C@@H]1OC(=O)c1ccccc1. The quantitative estimate of drug-likeness (QED) is 0.380. The molecule has 4 atom stereocenters. The lowest BCUT2D eigenvalue weighted by Gasteiger charge is -2.23. The molecule has 8 heteroatoms. The van der Waals surface area contributed by atoms with Crippen molar-refractivity contribution in [2.45, 2.75) is 24.4 Å². The number of rotatable bonds is 7. The number of nitrogens with zero attached hydrogens (tertiary/aromatic N) is 1. The molecule has 0 bridgehead atoms. The van der Waals surface area contributed by atoms with Crippen molar-refractivity contribution in [1.82, 2.24) is 0 Å². The molecule has 1 saturated heterocycles. The number of carbonyl (C=O) groups excluding carboxylic acids is 3. The zero-order valence-electron chi connectivity index (χ0n) is 18.5. The van der Waals surface area contributed by atoms with E-state index in [9.17, 15) is 19.6 Å². The third-order valence-corrected chi connectivity index (χ3v) is 5.33. The van der Waals surface area contributed by atoms with Crippen LogP contribution in [0.2, 0.25) is 0 Å². The van der Waals surface area contributed by atoms with Gasteiger partial charge in [-0.25, -0.2) is 14.4 Å². The van der Waals surface area contributed by atoms with Gasteiger partial charge in [0.15, 0.2) is 18.3 Å². The third-order valence-electron chi connectivity index (χ3n) is 5.33. The Bertz CT molecular complexity index is 1210. The first kappa shape index (κ1) is 23.7. The van der Waals surface area contributed by atoms with Gasteiger partial charge in [-0.05, 0) is 36.4 Å². The van der Waals surface area contributed by atoms with E-state index in [4.69, 9.17) is 18.9 Å². The van der Waals surface area contributed by atoms with E-state index >= 15 is 0 Å². The van der Waals surface area contributed by atoms with Gasteiger partial charge in [-0.15, -0.1) is 0 Å². The summed E-state index contributed by atoms with van der Waals surface area (Å²) in [7, 11) is 0. The molecule has 0 aliphatic carbocycles. The van der Waals surface area contributed by atoms with Crippen LogP contribution in [-0.2, 0) is 18.9 Å². The van der Waals surface area contributed by atoms with Crippen LogP contribution in [0.15, 0.2) is 91.0 Å². The van der Waals surface area contributed by atoms with E-state index in [1.165, 1.54) is 0 Å². The summed E-state index contributed by atoms with van der Waals surface area (Å²) in [6.07, 6.45) is -4.70.